The van der Waals surface area contributed by atoms with E-state index in [0.29, 0.717) is 31.6 Å². The van der Waals surface area contributed by atoms with Crippen LogP contribution in [0.25, 0.3) is 0 Å². The van der Waals surface area contributed by atoms with Crippen LogP contribution in [0.2, 0.25) is 0 Å². The molecule has 0 bridgehead atoms. The number of hydrogen-bond acceptors (Lipinski definition) is 2. The van der Waals surface area contributed by atoms with Gasteiger partial charge in [-0.1, -0.05) is 6.07 Å². The van der Waals surface area contributed by atoms with Gasteiger partial charge in [0, 0.05) is 24.7 Å². The number of piperidine rings is 1. The summed E-state index contributed by atoms with van der Waals surface area (Å²) < 4.78 is 37.9. The first-order chi connectivity index (χ1) is 8.88. The molecular weight excluding hydrogens is 279 g/mol. The molecule has 0 atom stereocenters. The maximum absolute atomic E-state index is 12.6. The molecule has 104 valence electrons. The normalized spacial score (nSPS) is 17.6. The number of halogens is 4. The number of anilines is 1. The third-order valence-corrected chi connectivity index (χ3v) is 3.66. The maximum Gasteiger partial charge on any atom is 0.416 e. The minimum Gasteiger partial charge on any atom is -0.371 e. The average Bonchev–Trinajstić information content (AvgIpc) is 2.38. The van der Waals surface area contributed by atoms with Gasteiger partial charge in [-0.25, -0.2) is 0 Å². The summed E-state index contributed by atoms with van der Waals surface area (Å²) in [7, 11) is 0. The van der Waals surface area contributed by atoms with Gasteiger partial charge in [0.2, 0.25) is 5.24 Å². The lowest BCUT2D eigenvalue weighted by molar-refractivity contribution is -0.137. The van der Waals surface area contributed by atoms with E-state index in [-0.39, 0.29) is 11.2 Å². The molecule has 1 heterocycles. The van der Waals surface area contributed by atoms with Gasteiger partial charge in [0.25, 0.3) is 0 Å². The molecule has 0 unspecified atom stereocenters. The van der Waals surface area contributed by atoms with E-state index in [2.05, 4.69) is 0 Å². The molecule has 0 N–H and O–H groups in total. The van der Waals surface area contributed by atoms with Gasteiger partial charge in [-0.05, 0) is 42.6 Å². The summed E-state index contributed by atoms with van der Waals surface area (Å²) in [6, 6.07) is 5.25. The van der Waals surface area contributed by atoms with Crippen molar-refractivity contribution in [1.82, 2.24) is 0 Å². The van der Waals surface area contributed by atoms with Crippen molar-refractivity contribution in [2.45, 2.75) is 19.0 Å². The first-order valence-corrected chi connectivity index (χ1v) is 6.37. The zero-order valence-electron chi connectivity index (χ0n) is 10.1. The Kier molecular flexibility index (Phi) is 4.04. The third-order valence-electron chi connectivity index (χ3n) is 3.35. The Balaban J connectivity index is 2.10. The minimum atomic E-state index is -4.33. The largest absolute Gasteiger partial charge is 0.416 e. The average molecular weight is 292 g/mol. The summed E-state index contributed by atoms with van der Waals surface area (Å²) in [5, 5.41) is -0.358. The van der Waals surface area contributed by atoms with E-state index >= 15 is 0 Å². The SMILES string of the molecule is O=C(Cl)C1CCN(c2cccc(C(F)(F)F)c2)CC1. The van der Waals surface area contributed by atoms with E-state index in [1.807, 2.05) is 4.90 Å². The van der Waals surface area contributed by atoms with Crippen LogP contribution in [-0.4, -0.2) is 18.3 Å². The Labute approximate surface area is 114 Å². The Hall–Kier alpha value is -1.23. The summed E-state index contributed by atoms with van der Waals surface area (Å²) >= 11 is 5.43. The fourth-order valence-corrected chi connectivity index (χ4v) is 2.46. The van der Waals surface area contributed by atoms with E-state index in [4.69, 9.17) is 11.6 Å². The number of carbonyl (C=O) groups is 1. The predicted molar refractivity (Wildman–Crippen MR) is 67.2 cm³/mol. The second-order valence-corrected chi connectivity index (χ2v) is 4.99. The highest BCUT2D eigenvalue weighted by molar-refractivity contribution is 6.64. The fourth-order valence-electron chi connectivity index (χ4n) is 2.24. The van der Waals surface area contributed by atoms with Gasteiger partial charge >= 0.3 is 6.18 Å². The standard InChI is InChI=1S/C13H13ClF3NO/c14-12(19)9-4-6-18(7-5-9)11-3-1-2-10(8-11)13(15,16)17/h1-3,8-9H,4-7H2. The summed E-state index contributed by atoms with van der Waals surface area (Å²) in [4.78, 5) is 12.9. The van der Waals surface area contributed by atoms with Crippen LogP contribution in [-0.2, 0) is 11.0 Å². The lowest BCUT2D eigenvalue weighted by Crippen LogP contribution is -2.35. The van der Waals surface area contributed by atoms with Crippen LogP contribution in [0.5, 0.6) is 0 Å². The molecule has 1 aromatic rings. The maximum atomic E-state index is 12.6. The molecule has 1 aromatic carbocycles. The van der Waals surface area contributed by atoms with Crippen molar-refractivity contribution in [2.24, 2.45) is 5.92 Å². The monoisotopic (exact) mass is 291 g/mol. The smallest absolute Gasteiger partial charge is 0.371 e. The molecule has 0 amide bonds. The first kappa shape index (κ1) is 14.2. The van der Waals surface area contributed by atoms with Crippen LogP contribution in [0.3, 0.4) is 0 Å². The number of alkyl halides is 3. The second kappa shape index (κ2) is 5.41. The molecule has 2 nitrogen and oxygen atoms in total. The Morgan fingerprint density at radius 3 is 2.42 bits per heavy atom. The van der Waals surface area contributed by atoms with Crippen molar-refractivity contribution in [3.63, 3.8) is 0 Å². The van der Waals surface area contributed by atoms with Crippen molar-refractivity contribution in [3.05, 3.63) is 29.8 Å². The van der Waals surface area contributed by atoms with Gasteiger partial charge in [0.15, 0.2) is 0 Å². The quantitative estimate of drug-likeness (QED) is 0.775. The first-order valence-electron chi connectivity index (χ1n) is 5.99. The topological polar surface area (TPSA) is 20.3 Å². The zero-order valence-corrected chi connectivity index (χ0v) is 10.8. The van der Waals surface area contributed by atoms with Crippen molar-refractivity contribution in [2.75, 3.05) is 18.0 Å². The fraction of sp³-hybridized carbons (Fsp3) is 0.462. The number of rotatable bonds is 2. The highest BCUT2D eigenvalue weighted by Crippen LogP contribution is 2.32. The van der Waals surface area contributed by atoms with Crippen LogP contribution in [0.15, 0.2) is 24.3 Å². The number of carbonyl (C=O) groups excluding carboxylic acids is 1. The van der Waals surface area contributed by atoms with E-state index in [9.17, 15) is 18.0 Å². The lowest BCUT2D eigenvalue weighted by Gasteiger charge is -2.32. The zero-order chi connectivity index (χ0) is 14.0. The summed E-state index contributed by atoms with van der Waals surface area (Å²) in [5.41, 5.74) is -0.115. The molecule has 0 spiro atoms. The van der Waals surface area contributed by atoms with Crippen molar-refractivity contribution in [3.8, 4) is 0 Å². The highest BCUT2D eigenvalue weighted by atomic mass is 35.5. The summed E-state index contributed by atoms with van der Waals surface area (Å²) in [6.07, 6.45) is -3.17. The van der Waals surface area contributed by atoms with Gasteiger partial charge in [0.05, 0.1) is 5.56 Å². The summed E-state index contributed by atoms with van der Waals surface area (Å²) in [6.45, 7) is 1.09. The molecule has 0 aliphatic carbocycles. The Morgan fingerprint density at radius 2 is 1.89 bits per heavy atom. The van der Waals surface area contributed by atoms with E-state index in [1.165, 1.54) is 6.07 Å². The molecule has 0 radical (unpaired) electrons. The van der Waals surface area contributed by atoms with E-state index < -0.39 is 11.7 Å². The Morgan fingerprint density at radius 1 is 1.26 bits per heavy atom. The van der Waals surface area contributed by atoms with Gasteiger partial charge < -0.3 is 4.90 Å². The molecule has 1 fully saturated rings. The van der Waals surface area contributed by atoms with Crippen LogP contribution in [0, 0.1) is 5.92 Å². The molecule has 0 saturated carbocycles. The van der Waals surface area contributed by atoms with Crippen LogP contribution < -0.4 is 4.90 Å². The van der Waals surface area contributed by atoms with Crippen molar-refractivity contribution in [1.29, 1.82) is 0 Å². The molecule has 1 aliphatic heterocycles. The molecule has 1 saturated heterocycles. The molecule has 6 heteroatoms. The van der Waals surface area contributed by atoms with Crippen LogP contribution in [0.4, 0.5) is 18.9 Å². The summed E-state index contributed by atoms with van der Waals surface area (Å²) in [5.74, 6) is -0.177. The third kappa shape index (κ3) is 3.41. The molecular formula is C13H13ClF3NO. The van der Waals surface area contributed by atoms with Gasteiger partial charge in [-0.3, -0.25) is 4.79 Å². The van der Waals surface area contributed by atoms with Crippen LogP contribution in [0.1, 0.15) is 18.4 Å². The highest BCUT2D eigenvalue weighted by Gasteiger charge is 2.31. The van der Waals surface area contributed by atoms with Gasteiger partial charge in [0.1, 0.15) is 0 Å². The lowest BCUT2D eigenvalue weighted by atomic mass is 9.97. The molecule has 19 heavy (non-hydrogen) atoms. The number of hydrogen-bond donors (Lipinski definition) is 0. The predicted octanol–water partition coefficient (Wildman–Crippen LogP) is 3.69. The van der Waals surface area contributed by atoms with E-state index in [1.54, 1.807) is 6.07 Å². The van der Waals surface area contributed by atoms with Crippen molar-refractivity contribution < 1.29 is 18.0 Å². The van der Waals surface area contributed by atoms with Gasteiger partial charge in [-0.15, -0.1) is 0 Å². The van der Waals surface area contributed by atoms with Gasteiger partial charge in [-0.2, -0.15) is 13.2 Å². The number of benzene rings is 1. The minimum absolute atomic E-state index is 0.177. The molecule has 0 aromatic heterocycles. The molecule has 1 aliphatic rings. The molecule has 2 rings (SSSR count). The van der Waals surface area contributed by atoms with Crippen LogP contribution >= 0.6 is 11.6 Å². The van der Waals surface area contributed by atoms with E-state index in [0.717, 1.165) is 12.1 Å². The number of nitrogens with zero attached hydrogens (tertiary/aromatic N) is 1. The second-order valence-electron chi connectivity index (χ2n) is 4.61. The van der Waals surface area contributed by atoms with Crippen molar-refractivity contribution >= 4 is 22.5 Å². The Bertz CT molecular complexity index is 467.